The number of amides is 2. The molecule has 0 saturated heterocycles. The number of hydrogen-bond acceptors (Lipinski definition) is 4. The summed E-state index contributed by atoms with van der Waals surface area (Å²) in [7, 11) is -2.71. The van der Waals surface area contributed by atoms with Crippen LogP contribution in [0.25, 0.3) is 0 Å². The van der Waals surface area contributed by atoms with E-state index in [1.165, 1.54) is 16.6 Å². The summed E-state index contributed by atoms with van der Waals surface area (Å²) in [5.41, 5.74) is 4.16. The Morgan fingerprint density at radius 2 is 1.56 bits per heavy atom. The monoisotopic (exact) mass is 243 g/mol. The van der Waals surface area contributed by atoms with E-state index in [1.54, 1.807) is 0 Å². The molecule has 0 bridgehead atoms. The van der Waals surface area contributed by atoms with Crippen LogP contribution in [0.3, 0.4) is 0 Å². The predicted molar refractivity (Wildman–Crippen MR) is 60.0 cm³/mol. The molecule has 2 amide bonds. The zero-order valence-corrected chi connectivity index (χ0v) is 9.78. The third-order valence-electron chi connectivity index (χ3n) is 1.50. The van der Waals surface area contributed by atoms with Gasteiger partial charge in [-0.2, -0.15) is 8.42 Å². The van der Waals surface area contributed by atoms with Crippen molar-refractivity contribution in [1.82, 2.24) is 5.43 Å². The van der Waals surface area contributed by atoms with Crippen LogP contribution in [0.1, 0.15) is 11.1 Å². The van der Waals surface area contributed by atoms with Gasteiger partial charge < -0.3 is 0 Å². The molecule has 0 heterocycles. The average molecular weight is 243 g/mol. The van der Waals surface area contributed by atoms with E-state index < -0.39 is 16.5 Å². The number of nitrogens with one attached hydrogen (secondary N) is 1. The maximum absolute atomic E-state index is 9.83. The summed E-state index contributed by atoms with van der Waals surface area (Å²) < 4.78 is 21.4. The lowest BCUT2D eigenvalue weighted by Crippen LogP contribution is -2.26. The van der Waals surface area contributed by atoms with Crippen LogP contribution in [0.4, 0.5) is 4.79 Å². The maximum Gasteiger partial charge on any atom is 0.370 e. The van der Waals surface area contributed by atoms with Gasteiger partial charge in [0.25, 0.3) is 0 Å². The van der Waals surface area contributed by atoms with Gasteiger partial charge in [0.1, 0.15) is 0 Å². The van der Waals surface area contributed by atoms with Crippen molar-refractivity contribution in [2.75, 3.05) is 0 Å². The number of nitrogens with two attached hydrogens (primary N) is 1. The maximum atomic E-state index is 9.83. The molecule has 6 nitrogen and oxygen atoms in total. The second kappa shape index (κ2) is 7.55. The van der Waals surface area contributed by atoms with E-state index in [9.17, 15) is 13.2 Å². The van der Waals surface area contributed by atoms with Gasteiger partial charge in [-0.05, 0) is 13.8 Å². The number of carbonyl (C=O) groups excluding carboxylic acids is 1. The Morgan fingerprint density at radius 1 is 1.19 bits per heavy atom. The van der Waals surface area contributed by atoms with Crippen molar-refractivity contribution < 1.29 is 13.2 Å². The van der Waals surface area contributed by atoms with Gasteiger partial charge in [0.15, 0.2) is 0 Å². The highest BCUT2D eigenvalue weighted by molar-refractivity contribution is 7.62. The minimum atomic E-state index is -2.71. The summed E-state index contributed by atoms with van der Waals surface area (Å²) in [4.78, 5) is 9.83. The molecule has 0 aliphatic rings. The molecule has 0 fully saturated rings. The van der Waals surface area contributed by atoms with Gasteiger partial charge in [-0.3, -0.25) is 5.43 Å². The molecule has 0 radical (unpaired) electrons. The van der Waals surface area contributed by atoms with Crippen LogP contribution in [-0.2, 0) is 10.5 Å². The number of hydrogen-bond donors (Lipinski definition) is 2. The Morgan fingerprint density at radius 3 is 1.75 bits per heavy atom. The topological polar surface area (TPSA) is 102 Å². The van der Waals surface area contributed by atoms with Gasteiger partial charge in [-0.1, -0.05) is 39.8 Å². The van der Waals surface area contributed by atoms with Crippen molar-refractivity contribution in [2.24, 2.45) is 10.2 Å². The molecule has 3 N–H and O–H groups in total. The molecule has 1 rings (SSSR count). The van der Waals surface area contributed by atoms with E-state index >= 15 is 0 Å². The highest BCUT2D eigenvalue weighted by Crippen LogP contribution is 1.99. The first-order chi connectivity index (χ1) is 7.45. The fourth-order valence-electron chi connectivity index (χ4n) is 0.731. The molecule has 1 aromatic rings. The summed E-state index contributed by atoms with van der Waals surface area (Å²) in [6.07, 6.45) is 0. The first kappa shape index (κ1) is 14.3. The SMILES string of the molecule is Cc1ccc(C)cc1.NNC(=O)N=S(=O)=O. The van der Waals surface area contributed by atoms with Gasteiger partial charge in [0.2, 0.25) is 0 Å². The van der Waals surface area contributed by atoms with Crippen molar-refractivity contribution in [1.29, 1.82) is 0 Å². The highest BCUT2D eigenvalue weighted by atomic mass is 32.2. The Labute approximate surface area is 95.1 Å². The van der Waals surface area contributed by atoms with Gasteiger partial charge in [0.05, 0.1) is 0 Å². The first-order valence-corrected chi connectivity index (χ1v) is 5.34. The van der Waals surface area contributed by atoms with Crippen molar-refractivity contribution in [2.45, 2.75) is 13.8 Å². The van der Waals surface area contributed by atoms with E-state index in [-0.39, 0.29) is 0 Å². The average Bonchev–Trinajstić information content (AvgIpc) is 2.22. The van der Waals surface area contributed by atoms with Crippen LogP contribution in [0.5, 0.6) is 0 Å². The van der Waals surface area contributed by atoms with Crippen LogP contribution < -0.4 is 11.3 Å². The number of hydrazine groups is 1. The summed E-state index contributed by atoms with van der Waals surface area (Å²) in [6, 6.07) is 7.40. The summed E-state index contributed by atoms with van der Waals surface area (Å²) in [5.74, 6) is 4.45. The molecule has 0 aliphatic carbocycles. The van der Waals surface area contributed by atoms with E-state index in [0.29, 0.717) is 0 Å². The van der Waals surface area contributed by atoms with Gasteiger partial charge in [0, 0.05) is 0 Å². The van der Waals surface area contributed by atoms with Crippen molar-refractivity contribution in [3.63, 3.8) is 0 Å². The van der Waals surface area contributed by atoms with Crippen LogP contribution in [-0.4, -0.2) is 14.4 Å². The molecular weight excluding hydrogens is 230 g/mol. The van der Waals surface area contributed by atoms with Crippen LogP contribution >= 0.6 is 0 Å². The second-order valence-corrected chi connectivity index (χ2v) is 3.53. The minimum Gasteiger partial charge on any atom is -0.273 e. The van der Waals surface area contributed by atoms with Crippen LogP contribution in [0.2, 0.25) is 0 Å². The third kappa shape index (κ3) is 7.65. The Hall–Kier alpha value is -1.73. The summed E-state index contributed by atoms with van der Waals surface area (Å²) in [6.45, 7) is 4.19. The van der Waals surface area contributed by atoms with Gasteiger partial charge in [-0.15, -0.1) is 0 Å². The van der Waals surface area contributed by atoms with E-state index in [1.807, 2.05) is 0 Å². The molecular formula is C9H13N3O3S. The molecule has 88 valence electrons. The standard InChI is InChI=1S/C8H10.CH3N3O3S/c1-7-3-5-8(2)6-4-7;2-3-1(5)4-8(6)7/h3-6H,1-2H3;2H2,(H,3,5). The predicted octanol–water partition coefficient (Wildman–Crippen LogP) is 0.936. The lowest BCUT2D eigenvalue weighted by Gasteiger charge is -1.90. The van der Waals surface area contributed by atoms with Crippen LogP contribution in [0.15, 0.2) is 28.6 Å². The number of benzene rings is 1. The van der Waals surface area contributed by atoms with Crippen molar-refractivity contribution in [3.8, 4) is 0 Å². The number of nitrogens with zero attached hydrogens (tertiary/aromatic N) is 1. The third-order valence-corrected chi connectivity index (χ3v) is 1.81. The smallest absolute Gasteiger partial charge is 0.273 e. The quantitative estimate of drug-likeness (QED) is 0.402. The molecule has 0 aliphatic heterocycles. The van der Waals surface area contributed by atoms with Crippen LogP contribution in [0, 0.1) is 13.8 Å². The molecule has 16 heavy (non-hydrogen) atoms. The number of aryl methyl sites for hydroxylation is 2. The largest absolute Gasteiger partial charge is 0.370 e. The molecule has 0 saturated carbocycles. The summed E-state index contributed by atoms with van der Waals surface area (Å²) >= 11 is 0. The first-order valence-electron chi connectivity index (χ1n) is 4.30. The van der Waals surface area contributed by atoms with E-state index in [0.717, 1.165) is 0 Å². The van der Waals surface area contributed by atoms with E-state index in [2.05, 4.69) is 48.3 Å². The molecule has 1 aromatic carbocycles. The minimum absolute atomic E-state index is 1.08. The molecule has 0 aromatic heterocycles. The molecule has 0 atom stereocenters. The lowest BCUT2D eigenvalue weighted by molar-refractivity contribution is 0.250. The van der Waals surface area contributed by atoms with Gasteiger partial charge in [-0.25, -0.2) is 10.6 Å². The number of urea groups is 1. The second-order valence-electron chi connectivity index (χ2n) is 2.91. The fraction of sp³-hybridized carbons (Fsp3) is 0.222. The number of rotatable bonds is 0. The van der Waals surface area contributed by atoms with Crippen molar-refractivity contribution in [3.05, 3.63) is 35.4 Å². The summed E-state index contributed by atoms with van der Waals surface area (Å²) in [5, 5.41) is 0. The van der Waals surface area contributed by atoms with E-state index in [4.69, 9.17) is 0 Å². The fourth-order valence-corrected chi connectivity index (χ4v) is 0.919. The lowest BCUT2D eigenvalue weighted by atomic mass is 10.2. The van der Waals surface area contributed by atoms with Gasteiger partial charge >= 0.3 is 16.5 Å². The highest BCUT2D eigenvalue weighted by Gasteiger charge is 1.88. The molecule has 0 spiro atoms. The number of carbonyl (C=O) groups is 1. The zero-order valence-electron chi connectivity index (χ0n) is 8.97. The molecule has 7 heteroatoms. The Bertz CT molecular complexity index is 436. The zero-order chi connectivity index (χ0) is 12.6. The normalized spacial score (nSPS) is 8.44. The van der Waals surface area contributed by atoms with Crippen molar-refractivity contribution >= 4 is 16.5 Å². The molecule has 0 unspecified atom stereocenters. The Kier molecular flexibility index (Phi) is 6.73. The Balaban J connectivity index is 0.000000281.